The first-order valence-electron chi connectivity index (χ1n) is 6.73. The third-order valence-electron chi connectivity index (χ3n) is 4.87. The number of nitrogens with one attached hydrogen (secondary N) is 1. The van der Waals surface area contributed by atoms with E-state index in [1.807, 2.05) is 6.92 Å². The smallest absolute Gasteiger partial charge is 0.248 e. The zero-order valence-electron chi connectivity index (χ0n) is 12.2. The Morgan fingerprint density at radius 2 is 1.95 bits per heavy atom. The van der Waals surface area contributed by atoms with E-state index in [0.29, 0.717) is 6.04 Å². The van der Waals surface area contributed by atoms with Gasteiger partial charge in [-0.05, 0) is 37.1 Å². The standard InChI is InChI=1S/C16H20N2O/c1-9-6-15(19)17-13-8-14-12(7-11(9)13)16(3,4)10(2)18(14)5/h6-8,10H,1-5H3,(H,17,19)/t10-/m1/s1. The zero-order chi connectivity index (χ0) is 13.9. The Hall–Kier alpha value is -1.77. The summed E-state index contributed by atoms with van der Waals surface area (Å²) in [5.74, 6) is 0. The molecule has 1 atom stereocenters. The number of benzene rings is 1. The van der Waals surface area contributed by atoms with Crippen molar-refractivity contribution in [1.29, 1.82) is 0 Å². The number of aromatic nitrogens is 1. The van der Waals surface area contributed by atoms with E-state index in [2.05, 4.69) is 49.8 Å². The minimum Gasteiger partial charge on any atom is -0.371 e. The highest BCUT2D eigenvalue weighted by Crippen LogP contribution is 2.45. The molecule has 1 aromatic carbocycles. The predicted octanol–water partition coefficient (Wildman–Crippen LogP) is 2.95. The van der Waals surface area contributed by atoms with E-state index in [1.54, 1.807) is 6.07 Å². The number of nitrogens with zero attached hydrogens (tertiary/aromatic N) is 1. The van der Waals surface area contributed by atoms with E-state index in [4.69, 9.17) is 0 Å². The van der Waals surface area contributed by atoms with Crippen LogP contribution in [0.3, 0.4) is 0 Å². The molecule has 1 aromatic heterocycles. The van der Waals surface area contributed by atoms with Crippen LogP contribution in [0.1, 0.15) is 31.9 Å². The molecule has 0 aliphatic carbocycles. The third-order valence-corrected chi connectivity index (χ3v) is 4.87. The molecule has 0 bridgehead atoms. The van der Waals surface area contributed by atoms with E-state index in [9.17, 15) is 4.79 Å². The molecule has 2 heterocycles. The molecule has 0 radical (unpaired) electrons. The van der Waals surface area contributed by atoms with Crippen molar-refractivity contribution in [3.05, 3.63) is 39.7 Å². The highest BCUT2D eigenvalue weighted by atomic mass is 16.1. The maximum atomic E-state index is 11.6. The number of H-pyrrole nitrogens is 1. The van der Waals surface area contributed by atoms with Crippen LogP contribution in [-0.4, -0.2) is 18.1 Å². The van der Waals surface area contributed by atoms with Gasteiger partial charge in [0, 0.05) is 35.6 Å². The molecule has 1 N–H and O–H groups in total. The Morgan fingerprint density at radius 3 is 2.63 bits per heavy atom. The number of anilines is 1. The number of aromatic amines is 1. The highest BCUT2D eigenvalue weighted by Gasteiger charge is 2.40. The lowest BCUT2D eigenvalue weighted by Crippen LogP contribution is -2.36. The fraction of sp³-hybridized carbons (Fsp3) is 0.438. The number of hydrogen-bond acceptors (Lipinski definition) is 2. The van der Waals surface area contributed by atoms with E-state index in [1.165, 1.54) is 11.3 Å². The van der Waals surface area contributed by atoms with Gasteiger partial charge in [-0.3, -0.25) is 4.79 Å². The number of pyridine rings is 1. The Bertz CT molecular complexity index is 727. The molecular formula is C16H20N2O. The number of aryl methyl sites for hydroxylation is 1. The molecule has 100 valence electrons. The second kappa shape index (κ2) is 3.62. The number of hydrogen-bond donors (Lipinski definition) is 1. The summed E-state index contributed by atoms with van der Waals surface area (Å²) in [6, 6.07) is 6.48. The first-order chi connectivity index (χ1) is 8.82. The first-order valence-corrected chi connectivity index (χ1v) is 6.73. The lowest BCUT2D eigenvalue weighted by Gasteiger charge is -2.28. The van der Waals surface area contributed by atoms with Crippen molar-refractivity contribution in [1.82, 2.24) is 4.98 Å². The van der Waals surface area contributed by atoms with Crippen molar-refractivity contribution in [2.75, 3.05) is 11.9 Å². The van der Waals surface area contributed by atoms with E-state index < -0.39 is 0 Å². The Morgan fingerprint density at radius 1 is 1.26 bits per heavy atom. The molecule has 0 saturated carbocycles. The Kier molecular flexibility index (Phi) is 2.34. The fourth-order valence-corrected chi connectivity index (χ4v) is 3.19. The molecule has 0 fully saturated rings. The van der Waals surface area contributed by atoms with Crippen molar-refractivity contribution in [3.63, 3.8) is 0 Å². The average Bonchev–Trinajstić information content (AvgIpc) is 2.49. The van der Waals surface area contributed by atoms with Crippen LogP contribution in [0.15, 0.2) is 23.0 Å². The highest BCUT2D eigenvalue weighted by molar-refractivity contribution is 5.88. The summed E-state index contributed by atoms with van der Waals surface area (Å²) in [7, 11) is 2.12. The molecule has 0 spiro atoms. The molecule has 1 aliphatic heterocycles. The van der Waals surface area contributed by atoms with Crippen LogP contribution in [-0.2, 0) is 5.41 Å². The monoisotopic (exact) mass is 256 g/mol. The van der Waals surface area contributed by atoms with Gasteiger partial charge < -0.3 is 9.88 Å². The Balaban J connectivity index is 2.40. The lowest BCUT2D eigenvalue weighted by molar-refractivity contribution is 0.454. The quantitative estimate of drug-likeness (QED) is 0.786. The number of likely N-dealkylation sites (N-methyl/N-ethyl adjacent to an activating group) is 1. The van der Waals surface area contributed by atoms with Crippen molar-refractivity contribution in [3.8, 4) is 0 Å². The average molecular weight is 256 g/mol. The van der Waals surface area contributed by atoms with Gasteiger partial charge in [-0.15, -0.1) is 0 Å². The summed E-state index contributed by atoms with van der Waals surface area (Å²) < 4.78 is 0. The SMILES string of the molecule is Cc1cc(=O)[nH]c2cc3c(cc12)C(C)(C)[C@@H](C)N3C. The minimum atomic E-state index is -0.0297. The topological polar surface area (TPSA) is 36.1 Å². The summed E-state index contributed by atoms with van der Waals surface area (Å²) in [5.41, 5.74) is 4.66. The molecule has 1 aliphatic rings. The largest absolute Gasteiger partial charge is 0.371 e. The van der Waals surface area contributed by atoms with Crippen LogP contribution in [0.4, 0.5) is 5.69 Å². The van der Waals surface area contributed by atoms with Crippen LogP contribution in [0.25, 0.3) is 10.9 Å². The summed E-state index contributed by atoms with van der Waals surface area (Å²) in [6.07, 6.45) is 0. The van der Waals surface area contributed by atoms with E-state index in [0.717, 1.165) is 16.5 Å². The van der Waals surface area contributed by atoms with Crippen LogP contribution in [0.5, 0.6) is 0 Å². The Labute approximate surface area is 113 Å². The molecule has 2 aromatic rings. The summed E-state index contributed by atoms with van der Waals surface area (Å²) in [6.45, 7) is 8.82. The normalized spacial score (nSPS) is 20.9. The van der Waals surface area contributed by atoms with Gasteiger partial charge in [-0.2, -0.15) is 0 Å². The second-order valence-corrected chi connectivity index (χ2v) is 6.24. The van der Waals surface area contributed by atoms with Crippen LogP contribution in [0, 0.1) is 6.92 Å². The fourth-order valence-electron chi connectivity index (χ4n) is 3.19. The van der Waals surface area contributed by atoms with Crippen LogP contribution < -0.4 is 10.5 Å². The van der Waals surface area contributed by atoms with Crippen molar-refractivity contribution >= 4 is 16.6 Å². The van der Waals surface area contributed by atoms with E-state index in [-0.39, 0.29) is 11.0 Å². The lowest BCUT2D eigenvalue weighted by atomic mass is 9.81. The molecule has 3 heteroatoms. The van der Waals surface area contributed by atoms with Crippen molar-refractivity contribution < 1.29 is 0 Å². The van der Waals surface area contributed by atoms with Gasteiger partial charge >= 0.3 is 0 Å². The maximum absolute atomic E-state index is 11.6. The number of fused-ring (bicyclic) bond motifs is 2. The van der Waals surface area contributed by atoms with Crippen LogP contribution >= 0.6 is 0 Å². The zero-order valence-corrected chi connectivity index (χ0v) is 12.2. The van der Waals surface area contributed by atoms with Crippen LogP contribution in [0.2, 0.25) is 0 Å². The van der Waals surface area contributed by atoms with Gasteiger partial charge in [0.25, 0.3) is 0 Å². The van der Waals surface area contributed by atoms with Gasteiger partial charge in [-0.1, -0.05) is 13.8 Å². The number of rotatable bonds is 0. The minimum absolute atomic E-state index is 0.0297. The molecule has 3 rings (SSSR count). The molecule has 0 saturated heterocycles. The molecule has 3 nitrogen and oxygen atoms in total. The molecule has 19 heavy (non-hydrogen) atoms. The van der Waals surface area contributed by atoms with Crippen molar-refractivity contribution in [2.24, 2.45) is 0 Å². The molecular weight excluding hydrogens is 236 g/mol. The predicted molar refractivity (Wildman–Crippen MR) is 80.2 cm³/mol. The summed E-state index contributed by atoms with van der Waals surface area (Å²) in [5, 5.41) is 1.15. The van der Waals surface area contributed by atoms with Gasteiger partial charge in [0.1, 0.15) is 0 Å². The van der Waals surface area contributed by atoms with E-state index >= 15 is 0 Å². The molecule has 0 unspecified atom stereocenters. The summed E-state index contributed by atoms with van der Waals surface area (Å²) >= 11 is 0. The third kappa shape index (κ3) is 1.54. The van der Waals surface area contributed by atoms with Gasteiger partial charge in [0.15, 0.2) is 0 Å². The van der Waals surface area contributed by atoms with Gasteiger partial charge in [-0.25, -0.2) is 0 Å². The van der Waals surface area contributed by atoms with Gasteiger partial charge in [0.2, 0.25) is 5.56 Å². The molecule has 0 amide bonds. The summed E-state index contributed by atoms with van der Waals surface area (Å²) in [4.78, 5) is 16.9. The van der Waals surface area contributed by atoms with Gasteiger partial charge in [0.05, 0.1) is 5.52 Å². The van der Waals surface area contributed by atoms with Crippen molar-refractivity contribution in [2.45, 2.75) is 39.2 Å². The first kappa shape index (κ1) is 12.3. The second-order valence-electron chi connectivity index (χ2n) is 6.24. The maximum Gasteiger partial charge on any atom is 0.248 e.